The highest BCUT2D eigenvalue weighted by molar-refractivity contribution is 5.05. The molecule has 0 saturated carbocycles. The summed E-state index contributed by atoms with van der Waals surface area (Å²) < 4.78 is 6.89. The van der Waals surface area contributed by atoms with Gasteiger partial charge in [-0.25, -0.2) is 0 Å². The first-order chi connectivity index (χ1) is 6.76. The highest BCUT2D eigenvalue weighted by Gasteiger charge is 2.07. The lowest BCUT2D eigenvalue weighted by atomic mass is 10.1. The van der Waals surface area contributed by atoms with Crippen molar-refractivity contribution >= 4 is 0 Å². The van der Waals surface area contributed by atoms with Crippen LogP contribution in [0.2, 0.25) is 0 Å². The minimum atomic E-state index is 0.471. The van der Waals surface area contributed by atoms with Crippen LogP contribution in [0.3, 0.4) is 0 Å². The van der Waals surface area contributed by atoms with Gasteiger partial charge in [0.2, 0.25) is 0 Å². The van der Waals surface area contributed by atoms with Crippen LogP contribution in [0.4, 0.5) is 0 Å². The molecule has 1 rings (SSSR count). The molecule has 1 N–H and O–H groups in total. The Bertz CT molecular complexity index is 260. The Morgan fingerprint density at radius 2 is 2.43 bits per heavy atom. The Hall–Kier alpha value is -0.870. The fourth-order valence-corrected chi connectivity index (χ4v) is 1.47. The lowest BCUT2D eigenvalue weighted by Gasteiger charge is -2.14. The predicted molar refractivity (Wildman–Crippen MR) is 56.3 cm³/mol. The van der Waals surface area contributed by atoms with E-state index >= 15 is 0 Å². The van der Waals surface area contributed by atoms with Crippen molar-refractivity contribution in [3.05, 3.63) is 18.0 Å². The SMILES string of the molecule is CNC(CCOC)Cc1cnn(C)c1. The molecule has 1 atom stereocenters. The number of nitrogens with zero attached hydrogens (tertiary/aromatic N) is 2. The third-order valence-corrected chi connectivity index (χ3v) is 2.32. The van der Waals surface area contributed by atoms with Crippen LogP contribution in [0, 0.1) is 0 Å². The van der Waals surface area contributed by atoms with Crippen molar-refractivity contribution in [2.75, 3.05) is 20.8 Å². The highest BCUT2D eigenvalue weighted by Crippen LogP contribution is 2.04. The van der Waals surface area contributed by atoms with Crippen LogP contribution in [-0.4, -0.2) is 36.6 Å². The number of ether oxygens (including phenoxy) is 1. The number of rotatable bonds is 6. The molecule has 14 heavy (non-hydrogen) atoms. The Kier molecular flexibility index (Phi) is 4.62. The fraction of sp³-hybridized carbons (Fsp3) is 0.700. The average molecular weight is 197 g/mol. The van der Waals surface area contributed by atoms with Gasteiger partial charge in [-0.05, 0) is 25.5 Å². The van der Waals surface area contributed by atoms with E-state index in [0.29, 0.717) is 6.04 Å². The van der Waals surface area contributed by atoms with E-state index in [1.165, 1.54) is 5.56 Å². The number of likely N-dealkylation sites (N-methyl/N-ethyl adjacent to an activating group) is 1. The van der Waals surface area contributed by atoms with Crippen molar-refractivity contribution in [2.45, 2.75) is 18.9 Å². The molecule has 1 unspecified atom stereocenters. The first-order valence-electron chi connectivity index (χ1n) is 4.90. The molecule has 0 aliphatic carbocycles. The lowest BCUT2D eigenvalue weighted by Crippen LogP contribution is -2.28. The summed E-state index contributed by atoms with van der Waals surface area (Å²) in [4.78, 5) is 0. The maximum absolute atomic E-state index is 5.06. The monoisotopic (exact) mass is 197 g/mol. The van der Waals surface area contributed by atoms with Crippen LogP contribution in [0.25, 0.3) is 0 Å². The van der Waals surface area contributed by atoms with E-state index in [0.717, 1.165) is 19.4 Å². The van der Waals surface area contributed by atoms with Gasteiger partial charge in [0, 0.05) is 33.0 Å². The van der Waals surface area contributed by atoms with Gasteiger partial charge in [-0.2, -0.15) is 5.10 Å². The van der Waals surface area contributed by atoms with Gasteiger partial charge in [-0.3, -0.25) is 4.68 Å². The molecule has 0 amide bonds. The second-order valence-electron chi connectivity index (χ2n) is 3.49. The van der Waals surface area contributed by atoms with Crippen molar-refractivity contribution < 1.29 is 4.74 Å². The quantitative estimate of drug-likeness (QED) is 0.725. The summed E-state index contributed by atoms with van der Waals surface area (Å²) in [7, 11) is 5.65. The van der Waals surface area contributed by atoms with Crippen LogP contribution in [0.5, 0.6) is 0 Å². The number of nitrogens with one attached hydrogen (secondary N) is 1. The molecule has 0 radical (unpaired) electrons. The molecule has 1 aromatic heterocycles. The van der Waals surface area contributed by atoms with Crippen LogP contribution in [0.15, 0.2) is 12.4 Å². The predicted octanol–water partition coefficient (Wildman–Crippen LogP) is 0.587. The van der Waals surface area contributed by atoms with Crippen molar-refractivity contribution in [1.82, 2.24) is 15.1 Å². The van der Waals surface area contributed by atoms with E-state index < -0.39 is 0 Å². The maximum atomic E-state index is 5.06. The zero-order chi connectivity index (χ0) is 10.4. The van der Waals surface area contributed by atoms with Gasteiger partial charge < -0.3 is 10.1 Å². The molecule has 4 heteroatoms. The van der Waals surface area contributed by atoms with Crippen LogP contribution in [0.1, 0.15) is 12.0 Å². The molecular formula is C10H19N3O. The molecule has 0 aliphatic rings. The van der Waals surface area contributed by atoms with Gasteiger partial charge in [-0.15, -0.1) is 0 Å². The summed E-state index contributed by atoms with van der Waals surface area (Å²) in [6.45, 7) is 0.797. The van der Waals surface area contributed by atoms with E-state index in [4.69, 9.17) is 4.74 Å². The van der Waals surface area contributed by atoms with Crippen molar-refractivity contribution in [3.8, 4) is 0 Å². The lowest BCUT2D eigenvalue weighted by molar-refractivity contribution is 0.184. The van der Waals surface area contributed by atoms with Crippen molar-refractivity contribution in [3.63, 3.8) is 0 Å². The molecule has 80 valence electrons. The van der Waals surface area contributed by atoms with E-state index in [1.54, 1.807) is 7.11 Å². The Morgan fingerprint density at radius 3 is 2.93 bits per heavy atom. The highest BCUT2D eigenvalue weighted by atomic mass is 16.5. The zero-order valence-corrected chi connectivity index (χ0v) is 9.16. The Morgan fingerprint density at radius 1 is 1.64 bits per heavy atom. The topological polar surface area (TPSA) is 39.1 Å². The van der Waals surface area contributed by atoms with E-state index in [9.17, 15) is 0 Å². The van der Waals surface area contributed by atoms with E-state index in [1.807, 2.05) is 25.0 Å². The molecule has 0 bridgehead atoms. The fourth-order valence-electron chi connectivity index (χ4n) is 1.47. The van der Waals surface area contributed by atoms with E-state index in [2.05, 4.69) is 16.6 Å². The normalized spacial score (nSPS) is 13.1. The molecule has 0 saturated heterocycles. The molecule has 4 nitrogen and oxygen atoms in total. The number of hydrogen-bond donors (Lipinski definition) is 1. The maximum Gasteiger partial charge on any atom is 0.0522 e. The summed E-state index contributed by atoms with van der Waals surface area (Å²) >= 11 is 0. The summed E-state index contributed by atoms with van der Waals surface area (Å²) in [5.41, 5.74) is 1.27. The average Bonchev–Trinajstić information content (AvgIpc) is 2.58. The number of methoxy groups -OCH3 is 1. The molecule has 0 aliphatic heterocycles. The van der Waals surface area contributed by atoms with Crippen molar-refractivity contribution in [1.29, 1.82) is 0 Å². The van der Waals surface area contributed by atoms with Gasteiger partial charge in [0.15, 0.2) is 0 Å². The van der Waals surface area contributed by atoms with Crippen LogP contribution in [-0.2, 0) is 18.2 Å². The molecule has 0 aromatic carbocycles. The summed E-state index contributed by atoms with van der Waals surface area (Å²) in [6, 6.07) is 0.471. The second kappa shape index (κ2) is 5.78. The zero-order valence-electron chi connectivity index (χ0n) is 9.16. The minimum Gasteiger partial charge on any atom is -0.385 e. The van der Waals surface area contributed by atoms with Crippen LogP contribution >= 0.6 is 0 Å². The third-order valence-electron chi connectivity index (χ3n) is 2.32. The minimum absolute atomic E-state index is 0.471. The molecule has 0 spiro atoms. The molecule has 1 aromatic rings. The van der Waals surface area contributed by atoms with Crippen molar-refractivity contribution in [2.24, 2.45) is 7.05 Å². The molecule has 0 fully saturated rings. The number of hydrogen-bond acceptors (Lipinski definition) is 3. The Labute approximate surface area is 85.3 Å². The standard InChI is InChI=1S/C10H19N3O/c1-11-10(4-5-14-3)6-9-7-12-13(2)8-9/h7-8,10-11H,4-6H2,1-3H3. The molecular weight excluding hydrogens is 178 g/mol. The van der Waals surface area contributed by atoms with E-state index in [-0.39, 0.29) is 0 Å². The van der Waals surface area contributed by atoms with Gasteiger partial charge in [-0.1, -0.05) is 0 Å². The summed E-state index contributed by atoms with van der Waals surface area (Å²) in [5, 5.41) is 7.42. The van der Waals surface area contributed by atoms with Gasteiger partial charge in [0.05, 0.1) is 6.20 Å². The number of aryl methyl sites for hydroxylation is 1. The summed E-state index contributed by atoms with van der Waals surface area (Å²) in [5.74, 6) is 0. The first-order valence-corrected chi connectivity index (χ1v) is 4.90. The Balaban J connectivity index is 2.40. The summed E-state index contributed by atoms with van der Waals surface area (Å²) in [6.07, 6.45) is 6.00. The smallest absolute Gasteiger partial charge is 0.0522 e. The molecule has 1 heterocycles. The second-order valence-corrected chi connectivity index (χ2v) is 3.49. The number of aromatic nitrogens is 2. The van der Waals surface area contributed by atoms with Crippen LogP contribution < -0.4 is 5.32 Å². The van der Waals surface area contributed by atoms with Gasteiger partial charge >= 0.3 is 0 Å². The van der Waals surface area contributed by atoms with Gasteiger partial charge in [0.25, 0.3) is 0 Å². The largest absolute Gasteiger partial charge is 0.385 e. The first kappa shape index (κ1) is 11.2. The third kappa shape index (κ3) is 3.47. The van der Waals surface area contributed by atoms with Gasteiger partial charge in [0.1, 0.15) is 0 Å².